The van der Waals surface area contributed by atoms with Crippen molar-refractivity contribution in [2.24, 2.45) is 5.92 Å². The molecular weight excluding hydrogens is 390 g/mol. The zero-order chi connectivity index (χ0) is 21.6. The van der Waals surface area contributed by atoms with Gasteiger partial charge in [-0.05, 0) is 29.7 Å². The van der Waals surface area contributed by atoms with E-state index in [1.54, 1.807) is 4.90 Å². The van der Waals surface area contributed by atoms with Gasteiger partial charge in [0.2, 0.25) is 11.8 Å². The summed E-state index contributed by atoms with van der Waals surface area (Å²) in [6.45, 7) is 7.63. The number of benzene rings is 2. The van der Waals surface area contributed by atoms with E-state index in [1.807, 2.05) is 30.3 Å². The van der Waals surface area contributed by atoms with Crippen molar-refractivity contribution >= 4 is 17.5 Å². The van der Waals surface area contributed by atoms with Gasteiger partial charge in [-0.2, -0.15) is 0 Å². The first-order valence-corrected chi connectivity index (χ1v) is 11.3. The van der Waals surface area contributed by atoms with E-state index < -0.39 is 0 Å². The van der Waals surface area contributed by atoms with E-state index in [9.17, 15) is 9.59 Å². The summed E-state index contributed by atoms with van der Waals surface area (Å²) >= 11 is 0. The molecule has 6 heteroatoms. The van der Waals surface area contributed by atoms with Gasteiger partial charge in [0.05, 0.1) is 19.1 Å². The number of hydrogen-bond acceptors (Lipinski definition) is 3. The van der Waals surface area contributed by atoms with Gasteiger partial charge in [-0.1, -0.05) is 43.3 Å². The Morgan fingerprint density at radius 2 is 1.81 bits per heavy atom. The Balaban J connectivity index is 1.34. The first-order valence-electron chi connectivity index (χ1n) is 11.3. The molecule has 2 aromatic rings. The third kappa shape index (κ3) is 5.32. The molecule has 0 spiro atoms. The van der Waals surface area contributed by atoms with E-state index in [4.69, 9.17) is 4.74 Å². The number of carbonyl (C=O) groups excluding carboxylic acids is 2. The van der Waals surface area contributed by atoms with Crippen LogP contribution < -0.4 is 15.1 Å². The first-order chi connectivity index (χ1) is 15.1. The van der Waals surface area contributed by atoms with Crippen LogP contribution in [0.2, 0.25) is 0 Å². The molecule has 164 valence electrons. The molecule has 1 atom stereocenters. The fourth-order valence-electron chi connectivity index (χ4n) is 4.38. The van der Waals surface area contributed by atoms with Crippen molar-refractivity contribution in [2.45, 2.75) is 32.9 Å². The summed E-state index contributed by atoms with van der Waals surface area (Å²) in [6.07, 6.45) is 1.23. The van der Waals surface area contributed by atoms with Crippen LogP contribution in [0.15, 0.2) is 48.5 Å². The van der Waals surface area contributed by atoms with Gasteiger partial charge in [-0.25, -0.2) is 0 Å². The first kappa shape index (κ1) is 21.5. The molecule has 2 aliphatic rings. The van der Waals surface area contributed by atoms with E-state index >= 15 is 0 Å². The summed E-state index contributed by atoms with van der Waals surface area (Å²) < 4.78 is 5.46. The van der Waals surface area contributed by atoms with Crippen molar-refractivity contribution in [3.05, 3.63) is 65.2 Å². The fraction of sp³-hybridized carbons (Fsp3) is 0.440. The maximum atomic E-state index is 12.8. The Kier molecular flexibility index (Phi) is 6.99. The van der Waals surface area contributed by atoms with E-state index in [2.05, 4.69) is 30.4 Å². The highest BCUT2D eigenvalue weighted by Gasteiger charge is 2.35. The number of nitrogens with one attached hydrogen (secondary N) is 2. The Morgan fingerprint density at radius 1 is 1.10 bits per heavy atom. The topological polar surface area (TPSA) is 63.1 Å². The number of morpholine rings is 1. The van der Waals surface area contributed by atoms with Crippen molar-refractivity contribution in [3.63, 3.8) is 0 Å². The Morgan fingerprint density at radius 3 is 2.52 bits per heavy atom. The minimum Gasteiger partial charge on any atom is -0.370 e. The van der Waals surface area contributed by atoms with Gasteiger partial charge >= 0.3 is 0 Å². The molecule has 2 aliphatic heterocycles. The van der Waals surface area contributed by atoms with Crippen LogP contribution in [0.5, 0.6) is 0 Å². The third-order valence-electron chi connectivity index (χ3n) is 6.36. The standard InChI is InChI=1S/C25H31N3O3/c1-2-19-7-9-23(10-8-19)28-18-22(15-24(28)29)25(30)26-16-20-5-3-4-6-21(20)17-27-11-13-31-14-12-27/h3-10,22H,2,11-18H2,1H3,(H,26,30)/p+1/t22-/m0/s1. The third-order valence-corrected chi connectivity index (χ3v) is 6.36. The van der Waals surface area contributed by atoms with Crippen LogP contribution in [-0.2, 0) is 33.8 Å². The van der Waals surface area contributed by atoms with Gasteiger partial charge in [0, 0.05) is 30.8 Å². The largest absolute Gasteiger partial charge is 0.370 e. The van der Waals surface area contributed by atoms with Crippen LogP contribution >= 0.6 is 0 Å². The molecule has 0 unspecified atom stereocenters. The number of aryl methyl sites for hydroxylation is 1. The maximum Gasteiger partial charge on any atom is 0.227 e. The molecule has 2 N–H and O–H groups in total. The highest BCUT2D eigenvalue weighted by atomic mass is 16.5. The van der Waals surface area contributed by atoms with Gasteiger partial charge in [0.1, 0.15) is 19.6 Å². The minimum absolute atomic E-state index is 0.0146. The number of quaternary nitrogens is 1. The molecule has 2 heterocycles. The number of carbonyl (C=O) groups is 2. The molecule has 2 aromatic carbocycles. The summed E-state index contributed by atoms with van der Waals surface area (Å²) in [5.74, 6) is -0.342. The summed E-state index contributed by atoms with van der Waals surface area (Å²) in [5, 5.41) is 3.08. The molecule has 31 heavy (non-hydrogen) atoms. The minimum atomic E-state index is -0.310. The van der Waals surface area contributed by atoms with E-state index in [0.717, 1.165) is 50.5 Å². The van der Waals surface area contributed by atoms with Crippen LogP contribution in [0.3, 0.4) is 0 Å². The van der Waals surface area contributed by atoms with E-state index in [-0.39, 0.29) is 24.2 Å². The fourth-order valence-corrected chi connectivity index (χ4v) is 4.38. The highest BCUT2D eigenvalue weighted by molar-refractivity contribution is 6.00. The average molecular weight is 423 g/mol. The van der Waals surface area contributed by atoms with Gasteiger partial charge in [0.25, 0.3) is 0 Å². The lowest BCUT2D eigenvalue weighted by Gasteiger charge is -2.24. The highest BCUT2D eigenvalue weighted by Crippen LogP contribution is 2.25. The van der Waals surface area contributed by atoms with Crippen molar-refractivity contribution in [1.29, 1.82) is 0 Å². The predicted molar refractivity (Wildman–Crippen MR) is 120 cm³/mol. The number of amides is 2. The molecule has 0 aromatic heterocycles. The lowest BCUT2D eigenvalue weighted by Crippen LogP contribution is -3.12. The number of ether oxygens (including phenoxy) is 1. The quantitative estimate of drug-likeness (QED) is 0.708. The van der Waals surface area contributed by atoms with Crippen molar-refractivity contribution in [2.75, 3.05) is 37.7 Å². The predicted octanol–water partition coefficient (Wildman–Crippen LogP) is 1.33. The zero-order valence-corrected chi connectivity index (χ0v) is 18.2. The second-order valence-corrected chi connectivity index (χ2v) is 8.45. The molecule has 0 bridgehead atoms. The number of rotatable bonds is 7. The number of nitrogens with zero attached hydrogens (tertiary/aromatic N) is 1. The molecule has 0 radical (unpaired) electrons. The SMILES string of the molecule is CCc1ccc(N2C[C@@H](C(=O)NCc3ccccc3C[NH+]3CCOCC3)CC2=O)cc1. The van der Waals surface area contributed by atoms with Crippen molar-refractivity contribution < 1.29 is 19.2 Å². The number of hydrogen-bond donors (Lipinski definition) is 2. The second kappa shape index (κ2) is 10.1. The Labute approximate surface area is 184 Å². The van der Waals surface area contributed by atoms with Gasteiger partial charge < -0.3 is 19.9 Å². The smallest absolute Gasteiger partial charge is 0.227 e. The average Bonchev–Trinajstić information content (AvgIpc) is 3.21. The van der Waals surface area contributed by atoms with Crippen molar-refractivity contribution in [1.82, 2.24) is 5.32 Å². The van der Waals surface area contributed by atoms with Crippen LogP contribution in [0.25, 0.3) is 0 Å². The van der Waals surface area contributed by atoms with E-state index in [1.165, 1.54) is 16.0 Å². The van der Waals surface area contributed by atoms with Gasteiger partial charge in [-0.3, -0.25) is 9.59 Å². The summed E-state index contributed by atoms with van der Waals surface area (Å²) in [7, 11) is 0. The lowest BCUT2D eigenvalue weighted by molar-refractivity contribution is -0.921. The molecule has 2 amide bonds. The maximum absolute atomic E-state index is 12.8. The molecule has 6 nitrogen and oxygen atoms in total. The zero-order valence-electron chi connectivity index (χ0n) is 18.2. The van der Waals surface area contributed by atoms with Crippen LogP contribution in [0.4, 0.5) is 5.69 Å². The van der Waals surface area contributed by atoms with E-state index in [0.29, 0.717) is 13.1 Å². The molecular formula is C25H32N3O3+. The van der Waals surface area contributed by atoms with Crippen molar-refractivity contribution in [3.8, 4) is 0 Å². The molecule has 4 rings (SSSR count). The lowest BCUT2D eigenvalue weighted by atomic mass is 10.1. The summed E-state index contributed by atoms with van der Waals surface area (Å²) in [5.41, 5.74) is 4.52. The molecule has 2 fully saturated rings. The van der Waals surface area contributed by atoms with Crippen LogP contribution in [0, 0.1) is 5.92 Å². The normalized spacial score (nSPS) is 19.6. The van der Waals surface area contributed by atoms with Crippen LogP contribution in [0.1, 0.15) is 30.0 Å². The molecule has 0 aliphatic carbocycles. The molecule has 0 saturated carbocycles. The monoisotopic (exact) mass is 422 g/mol. The molecule has 2 saturated heterocycles. The van der Waals surface area contributed by atoms with Gasteiger partial charge in [0.15, 0.2) is 0 Å². The second-order valence-electron chi connectivity index (χ2n) is 8.45. The Hall–Kier alpha value is -2.70. The number of anilines is 1. The van der Waals surface area contributed by atoms with Gasteiger partial charge in [-0.15, -0.1) is 0 Å². The summed E-state index contributed by atoms with van der Waals surface area (Å²) in [6, 6.07) is 16.3. The Bertz CT molecular complexity index is 906. The van der Waals surface area contributed by atoms with Crippen LogP contribution in [-0.4, -0.2) is 44.7 Å². The summed E-state index contributed by atoms with van der Waals surface area (Å²) in [4.78, 5) is 28.6.